The van der Waals surface area contributed by atoms with E-state index < -0.39 is 0 Å². The first-order valence-corrected chi connectivity index (χ1v) is 10.8. The summed E-state index contributed by atoms with van der Waals surface area (Å²) in [4.78, 5) is 13.3. The molecule has 140 valence electrons. The first kappa shape index (κ1) is 17.9. The largest absolute Gasteiger partial charge is 0.374 e. The average Bonchev–Trinajstić information content (AvgIpc) is 2.65. The Bertz CT molecular complexity index is 1160. The predicted molar refractivity (Wildman–Crippen MR) is 124 cm³/mol. The molecule has 0 fully saturated rings. The van der Waals surface area contributed by atoms with E-state index in [1.54, 1.807) is 0 Å². The van der Waals surface area contributed by atoms with Gasteiger partial charge >= 0.3 is 0 Å². The summed E-state index contributed by atoms with van der Waals surface area (Å²) in [6, 6.07) is 21.3. The molecule has 0 amide bonds. The van der Waals surface area contributed by atoms with Gasteiger partial charge in [0.05, 0.1) is 6.04 Å². The summed E-state index contributed by atoms with van der Waals surface area (Å²) in [5.74, 6) is 0.278. The fourth-order valence-corrected chi connectivity index (χ4v) is 5.42. The molecule has 2 nitrogen and oxygen atoms in total. The zero-order chi connectivity index (χ0) is 19.5. The molecule has 0 aromatic heterocycles. The van der Waals surface area contributed by atoms with Crippen molar-refractivity contribution in [3.63, 3.8) is 0 Å². The van der Waals surface area contributed by atoms with Crippen LogP contribution in [-0.2, 0) is 4.79 Å². The number of Topliss-reactive ketones (excluding diaryl/α,β-unsaturated/α-hetero) is 1. The molecule has 3 heteroatoms. The van der Waals surface area contributed by atoms with Crippen molar-refractivity contribution in [2.45, 2.75) is 32.7 Å². The van der Waals surface area contributed by atoms with Gasteiger partial charge in [0, 0.05) is 26.8 Å². The molecular weight excluding hydrogens is 457 g/mol. The SMILES string of the molecule is CC1(C)CC(=O)C2=C(C1)C(c1ccccc1I)Nc1cc3ccccc3cc12. The fourth-order valence-electron chi connectivity index (χ4n) is 4.72. The molecule has 2 aliphatic rings. The molecule has 0 bridgehead atoms. The van der Waals surface area contributed by atoms with Gasteiger partial charge in [0.2, 0.25) is 0 Å². The topological polar surface area (TPSA) is 29.1 Å². The minimum absolute atomic E-state index is 0.00951. The highest BCUT2D eigenvalue weighted by molar-refractivity contribution is 14.1. The Morgan fingerprint density at radius 1 is 0.964 bits per heavy atom. The summed E-state index contributed by atoms with van der Waals surface area (Å²) < 4.78 is 1.23. The Morgan fingerprint density at radius 3 is 2.39 bits per heavy atom. The summed E-state index contributed by atoms with van der Waals surface area (Å²) in [6.07, 6.45) is 1.54. The second kappa shape index (κ2) is 6.45. The second-order valence-electron chi connectivity index (χ2n) is 8.68. The van der Waals surface area contributed by atoms with Gasteiger partial charge in [0.1, 0.15) is 0 Å². The zero-order valence-corrected chi connectivity index (χ0v) is 18.2. The lowest BCUT2D eigenvalue weighted by Crippen LogP contribution is -2.32. The van der Waals surface area contributed by atoms with Crippen molar-refractivity contribution in [2.75, 3.05) is 5.32 Å². The van der Waals surface area contributed by atoms with Crippen LogP contribution in [0.15, 0.2) is 66.2 Å². The molecule has 28 heavy (non-hydrogen) atoms. The highest BCUT2D eigenvalue weighted by atomic mass is 127. The first-order chi connectivity index (χ1) is 13.4. The van der Waals surface area contributed by atoms with Gasteiger partial charge in [0.15, 0.2) is 5.78 Å². The number of benzene rings is 3. The minimum atomic E-state index is -0.00951. The predicted octanol–water partition coefficient (Wildman–Crippen LogP) is 6.75. The number of allylic oxidation sites excluding steroid dienone is 1. The minimum Gasteiger partial charge on any atom is -0.374 e. The van der Waals surface area contributed by atoms with Gasteiger partial charge in [-0.05, 0) is 74.5 Å². The van der Waals surface area contributed by atoms with Crippen LogP contribution in [0.2, 0.25) is 0 Å². The van der Waals surface area contributed by atoms with Crippen molar-refractivity contribution in [1.82, 2.24) is 0 Å². The van der Waals surface area contributed by atoms with Crippen molar-refractivity contribution in [3.8, 4) is 0 Å². The summed E-state index contributed by atoms with van der Waals surface area (Å²) in [7, 11) is 0. The average molecular weight is 479 g/mol. The fraction of sp³-hybridized carbons (Fsp3) is 0.240. The molecule has 1 aliphatic heterocycles. The number of halogens is 1. The molecule has 0 saturated carbocycles. The van der Waals surface area contributed by atoms with Gasteiger partial charge in [-0.25, -0.2) is 0 Å². The third-order valence-electron chi connectivity index (χ3n) is 5.93. The third kappa shape index (κ3) is 2.87. The van der Waals surface area contributed by atoms with E-state index in [0.717, 1.165) is 23.2 Å². The molecular formula is C25H22INO. The molecule has 3 aromatic rings. The third-order valence-corrected chi connectivity index (χ3v) is 6.91. The smallest absolute Gasteiger partial charge is 0.164 e. The van der Waals surface area contributed by atoms with E-state index in [1.807, 2.05) is 0 Å². The van der Waals surface area contributed by atoms with Crippen LogP contribution in [0.5, 0.6) is 0 Å². The Hall–Kier alpha value is -2.14. The quantitative estimate of drug-likeness (QED) is 0.391. The molecule has 3 aromatic carbocycles. The van der Waals surface area contributed by atoms with Crippen molar-refractivity contribution >= 4 is 50.4 Å². The van der Waals surface area contributed by atoms with E-state index in [2.05, 4.69) is 102 Å². The number of hydrogen-bond donors (Lipinski definition) is 1. The lowest BCUT2D eigenvalue weighted by Gasteiger charge is -2.40. The summed E-state index contributed by atoms with van der Waals surface area (Å²) in [6.45, 7) is 4.41. The maximum atomic E-state index is 13.3. The Labute approximate surface area is 179 Å². The normalized spacial score (nSPS) is 20.5. The molecule has 1 aliphatic carbocycles. The lowest BCUT2D eigenvalue weighted by atomic mass is 9.68. The monoisotopic (exact) mass is 479 g/mol. The van der Waals surface area contributed by atoms with Crippen LogP contribution in [0.1, 0.15) is 43.9 Å². The van der Waals surface area contributed by atoms with E-state index in [-0.39, 0.29) is 17.2 Å². The summed E-state index contributed by atoms with van der Waals surface area (Å²) in [5.41, 5.74) is 5.56. The van der Waals surface area contributed by atoms with Gasteiger partial charge in [0.25, 0.3) is 0 Å². The highest BCUT2D eigenvalue weighted by Crippen LogP contribution is 2.51. The summed E-state index contributed by atoms with van der Waals surface area (Å²) >= 11 is 2.41. The first-order valence-electron chi connectivity index (χ1n) is 9.73. The maximum Gasteiger partial charge on any atom is 0.164 e. The van der Waals surface area contributed by atoms with Crippen molar-refractivity contribution < 1.29 is 4.79 Å². The van der Waals surface area contributed by atoms with E-state index >= 15 is 0 Å². The number of rotatable bonds is 1. The molecule has 0 radical (unpaired) electrons. The number of nitrogens with one attached hydrogen (secondary N) is 1. The Balaban J connectivity index is 1.79. The number of carbonyl (C=O) groups is 1. The van der Waals surface area contributed by atoms with Crippen LogP contribution < -0.4 is 5.32 Å². The van der Waals surface area contributed by atoms with E-state index in [9.17, 15) is 4.79 Å². The Morgan fingerprint density at radius 2 is 1.64 bits per heavy atom. The van der Waals surface area contributed by atoms with Crippen LogP contribution in [0.3, 0.4) is 0 Å². The van der Waals surface area contributed by atoms with Gasteiger partial charge in [-0.2, -0.15) is 0 Å². The number of carbonyl (C=O) groups excluding carboxylic acids is 1. The highest BCUT2D eigenvalue weighted by Gasteiger charge is 2.40. The number of fused-ring (bicyclic) bond motifs is 3. The van der Waals surface area contributed by atoms with Crippen LogP contribution in [-0.4, -0.2) is 5.78 Å². The van der Waals surface area contributed by atoms with Crippen LogP contribution >= 0.6 is 22.6 Å². The van der Waals surface area contributed by atoms with Crippen molar-refractivity contribution in [3.05, 3.63) is 80.9 Å². The van der Waals surface area contributed by atoms with Crippen LogP contribution in [0.4, 0.5) is 5.69 Å². The standard InChI is InChI=1S/C25H22INO/c1-25(2)13-19-23(22(28)14-25)18-11-15-7-3-4-8-16(15)12-21(18)27-24(19)17-9-5-6-10-20(17)26/h3-12,24,27H,13-14H2,1-2H3. The van der Waals surface area contributed by atoms with Gasteiger partial charge < -0.3 is 5.32 Å². The number of ketones is 1. The van der Waals surface area contributed by atoms with E-state index in [0.29, 0.717) is 6.42 Å². The van der Waals surface area contributed by atoms with Crippen LogP contribution in [0, 0.1) is 8.99 Å². The molecule has 1 N–H and O–H groups in total. The van der Waals surface area contributed by atoms with E-state index in [1.165, 1.54) is 25.5 Å². The molecule has 0 spiro atoms. The van der Waals surface area contributed by atoms with Gasteiger partial charge in [-0.3, -0.25) is 4.79 Å². The number of anilines is 1. The van der Waals surface area contributed by atoms with Gasteiger partial charge in [-0.1, -0.05) is 56.3 Å². The van der Waals surface area contributed by atoms with E-state index in [4.69, 9.17) is 0 Å². The Kier molecular flexibility index (Phi) is 4.13. The number of hydrogen-bond acceptors (Lipinski definition) is 2. The lowest BCUT2D eigenvalue weighted by molar-refractivity contribution is -0.116. The molecule has 1 atom stereocenters. The zero-order valence-electron chi connectivity index (χ0n) is 16.1. The molecule has 5 rings (SSSR count). The molecule has 1 heterocycles. The van der Waals surface area contributed by atoms with Gasteiger partial charge in [-0.15, -0.1) is 0 Å². The van der Waals surface area contributed by atoms with Crippen molar-refractivity contribution in [1.29, 1.82) is 0 Å². The molecule has 0 saturated heterocycles. The molecule has 1 unspecified atom stereocenters. The maximum absolute atomic E-state index is 13.3. The van der Waals surface area contributed by atoms with Crippen molar-refractivity contribution in [2.24, 2.45) is 5.41 Å². The summed E-state index contributed by atoms with van der Waals surface area (Å²) in [5, 5.41) is 6.17. The second-order valence-corrected chi connectivity index (χ2v) is 9.85. The van der Waals surface area contributed by atoms with Crippen LogP contribution in [0.25, 0.3) is 16.3 Å².